The highest BCUT2D eigenvalue weighted by molar-refractivity contribution is 6.04. The third kappa shape index (κ3) is 4.32. The lowest BCUT2D eigenvalue weighted by Gasteiger charge is -2.15. The van der Waals surface area contributed by atoms with Crippen molar-refractivity contribution >= 4 is 28.6 Å². The van der Waals surface area contributed by atoms with Gasteiger partial charge in [-0.1, -0.05) is 26.0 Å². The summed E-state index contributed by atoms with van der Waals surface area (Å²) >= 11 is 0. The predicted octanol–water partition coefficient (Wildman–Crippen LogP) is 4.46. The Morgan fingerprint density at radius 3 is 2.47 bits per heavy atom. The van der Waals surface area contributed by atoms with Crippen molar-refractivity contribution in [3.8, 4) is 0 Å². The number of ether oxygens (including phenoxy) is 1. The largest absolute Gasteiger partial charge is 0.449 e. The fourth-order valence-electron chi connectivity index (χ4n) is 2.95. The predicted molar refractivity (Wildman–Crippen MR) is 112 cm³/mol. The van der Waals surface area contributed by atoms with E-state index in [1.807, 2.05) is 27.7 Å². The lowest BCUT2D eigenvalue weighted by molar-refractivity contribution is -0.123. The molecule has 0 fully saturated rings. The van der Waals surface area contributed by atoms with Crippen molar-refractivity contribution in [2.45, 2.75) is 52.7 Å². The van der Waals surface area contributed by atoms with Crippen LogP contribution in [0.3, 0.4) is 0 Å². The van der Waals surface area contributed by atoms with Gasteiger partial charge in [0.05, 0.1) is 22.8 Å². The molecular weight excluding hydrogens is 387 g/mol. The lowest BCUT2D eigenvalue weighted by atomic mass is 10.1. The van der Waals surface area contributed by atoms with Crippen LogP contribution in [0.15, 0.2) is 36.5 Å². The summed E-state index contributed by atoms with van der Waals surface area (Å²) < 4.78 is 20.9. The van der Waals surface area contributed by atoms with Crippen LogP contribution in [0.1, 0.15) is 62.6 Å². The number of hydrogen-bond acceptors (Lipinski definition) is 5. The molecule has 3 rings (SSSR count). The maximum atomic E-state index is 13.8. The quantitative estimate of drug-likeness (QED) is 0.604. The molecule has 2 heterocycles. The average molecular weight is 412 g/mol. The molecular formula is C22H25FN4O3. The maximum Gasteiger partial charge on any atom is 0.339 e. The van der Waals surface area contributed by atoms with Crippen molar-refractivity contribution in [2.75, 3.05) is 5.32 Å². The van der Waals surface area contributed by atoms with Crippen LogP contribution in [0.25, 0.3) is 11.0 Å². The number of amides is 1. The van der Waals surface area contributed by atoms with Crippen LogP contribution in [0.5, 0.6) is 0 Å². The van der Waals surface area contributed by atoms with Gasteiger partial charge in [-0.15, -0.1) is 0 Å². The molecule has 3 aromatic rings. The fourth-order valence-corrected chi connectivity index (χ4v) is 2.95. The summed E-state index contributed by atoms with van der Waals surface area (Å²) in [7, 11) is 0. The molecule has 0 spiro atoms. The van der Waals surface area contributed by atoms with Crippen molar-refractivity contribution in [2.24, 2.45) is 0 Å². The van der Waals surface area contributed by atoms with Crippen LogP contribution in [0.4, 0.5) is 10.1 Å². The molecule has 158 valence electrons. The molecule has 30 heavy (non-hydrogen) atoms. The Hall–Kier alpha value is -3.29. The van der Waals surface area contributed by atoms with Gasteiger partial charge < -0.3 is 10.1 Å². The van der Waals surface area contributed by atoms with Crippen LogP contribution in [0, 0.1) is 5.82 Å². The number of para-hydroxylation sites is 1. The van der Waals surface area contributed by atoms with Crippen molar-refractivity contribution in [3.05, 3.63) is 53.6 Å². The fraction of sp³-hybridized carbons (Fsp3) is 0.364. The summed E-state index contributed by atoms with van der Waals surface area (Å²) in [4.78, 5) is 29.9. The van der Waals surface area contributed by atoms with E-state index in [0.29, 0.717) is 16.6 Å². The number of rotatable bonds is 6. The molecule has 0 aliphatic carbocycles. The van der Waals surface area contributed by atoms with Gasteiger partial charge in [0.2, 0.25) is 0 Å². The first kappa shape index (κ1) is 21.4. The van der Waals surface area contributed by atoms with Gasteiger partial charge in [-0.3, -0.25) is 4.79 Å². The number of fused-ring (bicyclic) bond motifs is 1. The molecule has 0 unspecified atom stereocenters. The molecule has 1 amide bonds. The van der Waals surface area contributed by atoms with Crippen LogP contribution in [-0.2, 0) is 9.53 Å². The molecule has 0 radical (unpaired) electrons. The third-order valence-electron chi connectivity index (χ3n) is 4.67. The third-order valence-corrected chi connectivity index (χ3v) is 4.67. The molecule has 0 bridgehead atoms. The van der Waals surface area contributed by atoms with E-state index in [1.54, 1.807) is 23.0 Å². The zero-order valence-corrected chi connectivity index (χ0v) is 17.6. The Balaban J connectivity index is 1.87. The second-order valence-electron chi connectivity index (χ2n) is 7.69. The Morgan fingerprint density at radius 1 is 1.13 bits per heavy atom. The number of esters is 1. The van der Waals surface area contributed by atoms with Crippen LogP contribution in [0.2, 0.25) is 0 Å². The van der Waals surface area contributed by atoms with Gasteiger partial charge in [-0.2, -0.15) is 5.10 Å². The minimum atomic E-state index is -1.12. The van der Waals surface area contributed by atoms with Gasteiger partial charge >= 0.3 is 5.97 Å². The summed E-state index contributed by atoms with van der Waals surface area (Å²) in [5.41, 5.74) is 1.63. The van der Waals surface area contributed by atoms with Crippen molar-refractivity contribution in [1.82, 2.24) is 14.8 Å². The van der Waals surface area contributed by atoms with E-state index in [9.17, 15) is 14.0 Å². The molecule has 0 saturated carbocycles. The van der Waals surface area contributed by atoms with E-state index in [2.05, 4.69) is 15.4 Å². The number of anilines is 1. The molecule has 0 aliphatic rings. The zero-order valence-electron chi connectivity index (χ0n) is 17.6. The van der Waals surface area contributed by atoms with Gasteiger partial charge in [-0.25, -0.2) is 18.9 Å². The van der Waals surface area contributed by atoms with Gasteiger partial charge in [0, 0.05) is 11.7 Å². The first-order chi connectivity index (χ1) is 14.2. The van der Waals surface area contributed by atoms with Crippen molar-refractivity contribution in [1.29, 1.82) is 0 Å². The second kappa shape index (κ2) is 8.61. The van der Waals surface area contributed by atoms with E-state index >= 15 is 0 Å². The number of carbonyl (C=O) groups excluding carboxylic acids is 2. The number of hydrogen-bond donors (Lipinski definition) is 1. The van der Waals surface area contributed by atoms with Gasteiger partial charge in [0.15, 0.2) is 11.8 Å². The van der Waals surface area contributed by atoms with Gasteiger partial charge in [0.25, 0.3) is 5.91 Å². The second-order valence-corrected chi connectivity index (χ2v) is 7.69. The monoisotopic (exact) mass is 412 g/mol. The lowest BCUT2D eigenvalue weighted by Crippen LogP contribution is -2.30. The molecule has 0 saturated heterocycles. The molecule has 1 aromatic carbocycles. The Bertz CT molecular complexity index is 1090. The topological polar surface area (TPSA) is 86.1 Å². The SMILES string of the molecule is CC(C)c1cc(C(=O)O[C@@H](C)C(=O)Nc2ccccc2F)c2cnn(C(C)C)c2n1. The van der Waals surface area contributed by atoms with E-state index in [1.165, 1.54) is 25.1 Å². The number of benzene rings is 1. The first-order valence-electron chi connectivity index (χ1n) is 9.83. The van der Waals surface area contributed by atoms with E-state index < -0.39 is 23.8 Å². The van der Waals surface area contributed by atoms with Crippen LogP contribution >= 0.6 is 0 Å². The Morgan fingerprint density at radius 2 is 1.83 bits per heavy atom. The highest BCUT2D eigenvalue weighted by Gasteiger charge is 2.24. The molecule has 1 N–H and O–H groups in total. The minimum absolute atomic E-state index is 0.0250. The number of carbonyl (C=O) groups is 2. The minimum Gasteiger partial charge on any atom is -0.449 e. The van der Waals surface area contributed by atoms with Crippen LogP contribution in [-0.4, -0.2) is 32.7 Å². The van der Waals surface area contributed by atoms with Crippen molar-refractivity contribution < 1.29 is 18.7 Å². The summed E-state index contributed by atoms with van der Waals surface area (Å²) in [6.07, 6.45) is 0.454. The summed E-state index contributed by atoms with van der Waals surface area (Å²) in [5, 5.41) is 7.33. The Labute approximate surface area is 174 Å². The number of halogens is 1. The number of pyridine rings is 1. The molecule has 0 aliphatic heterocycles. The molecule has 8 heteroatoms. The van der Waals surface area contributed by atoms with Gasteiger partial charge in [0.1, 0.15) is 5.82 Å². The van der Waals surface area contributed by atoms with Crippen molar-refractivity contribution in [3.63, 3.8) is 0 Å². The van der Waals surface area contributed by atoms with Crippen LogP contribution < -0.4 is 5.32 Å². The first-order valence-corrected chi connectivity index (χ1v) is 9.83. The highest BCUT2D eigenvalue weighted by atomic mass is 19.1. The summed E-state index contributed by atoms with van der Waals surface area (Å²) in [5.74, 6) is -1.77. The number of nitrogens with zero attached hydrogens (tertiary/aromatic N) is 3. The molecule has 2 aromatic heterocycles. The summed E-state index contributed by atoms with van der Waals surface area (Å²) in [6, 6.07) is 7.52. The van der Waals surface area contributed by atoms with Gasteiger partial charge in [-0.05, 0) is 44.9 Å². The Kier molecular flexibility index (Phi) is 6.14. The summed E-state index contributed by atoms with van der Waals surface area (Å²) in [6.45, 7) is 9.34. The average Bonchev–Trinajstić information content (AvgIpc) is 3.13. The zero-order chi connectivity index (χ0) is 22.0. The van der Waals surface area contributed by atoms with E-state index in [0.717, 1.165) is 5.69 Å². The highest BCUT2D eigenvalue weighted by Crippen LogP contribution is 2.25. The number of nitrogens with one attached hydrogen (secondary N) is 1. The molecule has 7 nitrogen and oxygen atoms in total. The van der Waals surface area contributed by atoms with E-state index in [4.69, 9.17) is 4.74 Å². The standard InChI is InChI=1S/C22H25FN4O3/c1-12(2)19-10-15(16-11-24-27(13(3)4)20(16)25-19)22(29)30-14(5)21(28)26-18-9-7-6-8-17(18)23/h6-14H,1-5H3,(H,26,28)/t14-/m0/s1. The number of aromatic nitrogens is 3. The van der Waals surface area contributed by atoms with E-state index in [-0.39, 0.29) is 17.6 Å². The smallest absolute Gasteiger partial charge is 0.339 e. The normalized spacial score (nSPS) is 12.4. The molecule has 1 atom stereocenters. The maximum absolute atomic E-state index is 13.8.